The van der Waals surface area contributed by atoms with Gasteiger partial charge in [-0.25, -0.2) is 0 Å². The molecule has 1 nitrogen and oxygen atoms in total. The summed E-state index contributed by atoms with van der Waals surface area (Å²) < 4.78 is 12.7. The zero-order valence-electron chi connectivity index (χ0n) is 8.07. The third-order valence-electron chi connectivity index (χ3n) is 1.76. The lowest BCUT2D eigenvalue weighted by Gasteiger charge is -1.99. The highest BCUT2D eigenvalue weighted by Crippen LogP contribution is 2.08. The van der Waals surface area contributed by atoms with Crippen molar-refractivity contribution in [2.24, 2.45) is 0 Å². The highest BCUT2D eigenvalue weighted by molar-refractivity contribution is 14.1. The molecule has 0 radical (unpaired) electrons. The first-order valence-corrected chi connectivity index (χ1v) is 6.99. The third-order valence-corrected chi connectivity index (χ3v) is 3.70. The summed E-state index contributed by atoms with van der Waals surface area (Å²) in [7, 11) is -0.767. The molecule has 3 heteroatoms. The second kappa shape index (κ2) is 6.35. The standard InChI is InChI=1S/C11H13IOS/c1-2-3-8-14(13)9-10-4-6-11(12)7-5-10/h2-7H,8-9H2,1H3. The third kappa shape index (κ3) is 4.37. The Labute approximate surface area is 101 Å². The Kier molecular flexibility index (Phi) is 5.40. The minimum Gasteiger partial charge on any atom is -0.259 e. The Morgan fingerprint density at radius 2 is 2.00 bits per heavy atom. The van der Waals surface area contributed by atoms with Crippen LogP contribution in [-0.4, -0.2) is 9.96 Å². The van der Waals surface area contributed by atoms with Crippen molar-refractivity contribution in [1.82, 2.24) is 0 Å². The van der Waals surface area contributed by atoms with Crippen LogP contribution >= 0.6 is 22.6 Å². The van der Waals surface area contributed by atoms with Crippen LogP contribution in [0.5, 0.6) is 0 Å². The van der Waals surface area contributed by atoms with Gasteiger partial charge in [-0.2, -0.15) is 0 Å². The van der Waals surface area contributed by atoms with E-state index in [0.717, 1.165) is 5.56 Å². The molecule has 0 aliphatic rings. The quantitative estimate of drug-likeness (QED) is 0.615. The zero-order valence-corrected chi connectivity index (χ0v) is 11.0. The molecule has 0 N–H and O–H groups in total. The van der Waals surface area contributed by atoms with Crippen molar-refractivity contribution >= 4 is 33.4 Å². The molecule has 1 aromatic rings. The van der Waals surface area contributed by atoms with Crippen LogP contribution < -0.4 is 0 Å². The fraction of sp³-hybridized carbons (Fsp3) is 0.273. The molecule has 0 aliphatic carbocycles. The first-order chi connectivity index (χ1) is 6.72. The van der Waals surface area contributed by atoms with Crippen LogP contribution in [0.15, 0.2) is 36.4 Å². The van der Waals surface area contributed by atoms with E-state index in [9.17, 15) is 4.21 Å². The minimum atomic E-state index is -0.767. The number of benzene rings is 1. The fourth-order valence-electron chi connectivity index (χ4n) is 1.03. The molecule has 0 saturated heterocycles. The van der Waals surface area contributed by atoms with Gasteiger partial charge in [-0.15, -0.1) is 0 Å². The maximum atomic E-state index is 11.5. The smallest absolute Gasteiger partial charge is 0.0488 e. The Balaban J connectivity index is 2.52. The average Bonchev–Trinajstić information content (AvgIpc) is 2.18. The molecule has 76 valence electrons. The Bertz CT molecular complexity index is 330. The van der Waals surface area contributed by atoms with E-state index in [-0.39, 0.29) is 0 Å². The number of allylic oxidation sites excluding steroid dienone is 1. The van der Waals surface area contributed by atoms with Gasteiger partial charge in [0, 0.05) is 25.9 Å². The van der Waals surface area contributed by atoms with E-state index in [1.54, 1.807) is 0 Å². The van der Waals surface area contributed by atoms with E-state index in [0.29, 0.717) is 11.5 Å². The second-order valence-electron chi connectivity index (χ2n) is 2.95. The summed E-state index contributed by atoms with van der Waals surface area (Å²) in [6, 6.07) is 8.16. The van der Waals surface area contributed by atoms with E-state index in [1.807, 2.05) is 43.3 Å². The first kappa shape index (κ1) is 11.9. The number of hydrogen-bond donors (Lipinski definition) is 0. The Morgan fingerprint density at radius 3 is 2.57 bits per heavy atom. The predicted molar refractivity (Wildman–Crippen MR) is 70.7 cm³/mol. The van der Waals surface area contributed by atoms with Crippen LogP contribution in [0.2, 0.25) is 0 Å². The van der Waals surface area contributed by atoms with Gasteiger partial charge in [0.05, 0.1) is 0 Å². The normalized spacial score (nSPS) is 13.3. The molecule has 0 saturated carbocycles. The molecule has 1 rings (SSSR count). The largest absolute Gasteiger partial charge is 0.259 e. The van der Waals surface area contributed by atoms with Gasteiger partial charge < -0.3 is 0 Å². The average molecular weight is 320 g/mol. The molecular weight excluding hydrogens is 307 g/mol. The molecule has 0 amide bonds. The summed E-state index contributed by atoms with van der Waals surface area (Å²) in [5.74, 6) is 1.31. The lowest BCUT2D eigenvalue weighted by molar-refractivity contribution is 0.684. The van der Waals surface area contributed by atoms with E-state index in [4.69, 9.17) is 0 Å². The van der Waals surface area contributed by atoms with Crippen LogP contribution in [0.3, 0.4) is 0 Å². The van der Waals surface area contributed by atoms with Gasteiger partial charge in [0.2, 0.25) is 0 Å². The van der Waals surface area contributed by atoms with E-state index in [2.05, 4.69) is 22.6 Å². The molecule has 0 fully saturated rings. The van der Waals surface area contributed by atoms with Crippen LogP contribution in [0.1, 0.15) is 12.5 Å². The van der Waals surface area contributed by atoms with Crippen LogP contribution in [0.4, 0.5) is 0 Å². The highest BCUT2D eigenvalue weighted by Gasteiger charge is 1.99. The summed E-state index contributed by atoms with van der Waals surface area (Å²) in [6.45, 7) is 1.95. The molecule has 1 aromatic carbocycles. The molecule has 0 spiro atoms. The van der Waals surface area contributed by atoms with Crippen LogP contribution in [-0.2, 0) is 16.6 Å². The number of halogens is 1. The van der Waals surface area contributed by atoms with Crippen LogP contribution in [0, 0.1) is 3.57 Å². The molecule has 0 heterocycles. The van der Waals surface area contributed by atoms with Gasteiger partial charge >= 0.3 is 0 Å². The lowest BCUT2D eigenvalue weighted by Crippen LogP contribution is -1.98. The van der Waals surface area contributed by atoms with Crippen molar-refractivity contribution in [3.8, 4) is 0 Å². The maximum Gasteiger partial charge on any atom is 0.0488 e. The van der Waals surface area contributed by atoms with Gasteiger partial charge in [0.25, 0.3) is 0 Å². The Hall–Kier alpha value is -0.160. The van der Waals surface area contributed by atoms with E-state index >= 15 is 0 Å². The van der Waals surface area contributed by atoms with E-state index < -0.39 is 10.8 Å². The summed E-state index contributed by atoms with van der Waals surface area (Å²) in [5, 5.41) is 0. The summed E-state index contributed by atoms with van der Waals surface area (Å²) in [5.41, 5.74) is 1.15. The fourth-order valence-corrected chi connectivity index (χ4v) is 2.48. The molecule has 0 aromatic heterocycles. The summed E-state index contributed by atoms with van der Waals surface area (Å²) in [6.07, 6.45) is 3.88. The lowest BCUT2D eigenvalue weighted by atomic mass is 10.2. The first-order valence-electron chi connectivity index (χ1n) is 4.43. The molecule has 1 unspecified atom stereocenters. The number of rotatable bonds is 4. The minimum absolute atomic E-state index is 0.654. The molecule has 1 atom stereocenters. The topological polar surface area (TPSA) is 17.1 Å². The van der Waals surface area contributed by atoms with E-state index in [1.165, 1.54) is 3.57 Å². The number of hydrogen-bond acceptors (Lipinski definition) is 1. The summed E-state index contributed by atoms with van der Waals surface area (Å²) in [4.78, 5) is 0. The molecular formula is C11H13IOS. The SMILES string of the molecule is CC=CCS(=O)Cc1ccc(I)cc1. The molecule has 14 heavy (non-hydrogen) atoms. The van der Waals surface area contributed by atoms with Gasteiger partial charge in [-0.05, 0) is 47.2 Å². The van der Waals surface area contributed by atoms with Crippen molar-refractivity contribution in [2.45, 2.75) is 12.7 Å². The van der Waals surface area contributed by atoms with Crippen molar-refractivity contribution in [3.05, 3.63) is 45.6 Å². The van der Waals surface area contributed by atoms with Gasteiger partial charge in [-0.3, -0.25) is 4.21 Å². The van der Waals surface area contributed by atoms with Crippen LogP contribution in [0.25, 0.3) is 0 Å². The van der Waals surface area contributed by atoms with Gasteiger partial charge in [-0.1, -0.05) is 24.3 Å². The zero-order chi connectivity index (χ0) is 10.4. The second-order valence-corrected chi connectivity index (χ2v) is 5.69. The van der Waals surface area contributed by atoms with Crippen molar-refractivity contribution in [3.63, 3.8) is 0 Å². The predicted octanol–water partition coefficient (Wildman–Crippen LogP) is 3.12. The highest BCUT2D eigenvalue weighted by atomic mass is 127. The van der Waals surface area contributed by atoms with Crippen molar-refractivity contribution < 1.29 is 4.21 Å². The van der Waals surface area contributed by atoms with Gasteiger partial charge in [0.1, 0.15) is 0 Å². The van der Waals surface area contributed by atoms with Crippen molar-refractivity contribution in [2.75, 3.05) is 5.75 Å². The molecule has 0 bridgehead atoms. The monoisotopic (exact) mass is 320 g/mol. The summed E-state index contributed by atoms with van der Waals surface area (Å²) >= 11 is 2.27. The Morgan fingerprint density at radius 1 is 1.36 bits per heavy atom. The van der Waals surface area contributed by atoms with Crippen molar-refractivity contribution in [1.29, 1.82) is 0 Å². The maximum absolute atomic E-state index is 11.5. The molecule has 0 aliphatic heterocycles. The van der Waals surface area contributed by atoms with Gasteiger partial charge in [0.15, 0.2) is 0 Å².